The largest absolute Gasteiger partial charge is 0.481 e. The number of benzene rings is 2. The molecule has 0 saturated carbocycles. The van der Waals surface area contributed by atoms with Gasteiger partial charge in [-0.25, -0.2) is 0 Å². The summed E-state index contributed by atoms with van der Waals surface area (Å²) in [4.78, 5) is 27.0. The van der Waals surface area contributed by atoms with Crippen LogP contribution >= 0.6 is 0 Å². The molecule has 30 heavy (non-hydrogen) atoms. The van der Waals surface area contributed by atoms with E-state index in [9.17, 15) is 9.59 Å². The van der Waals surface area contributed by atoms with Gasteiger partial charge in [0.2, 0.25) is 5.91 Å². The van der Waals surface area contributed by atoms with Crippen LogP contribution in [-0.4, -0.2) is 35.9 Å². The summed E-state index contributed by atoms with van der Waals surface area (Å²) in [5, 5.41) is 2.83. The fraction of sp³-hybridized carbons (Fsp3) is 0.440. The lowest BCUT2D eigenvalue weighted by Crippen LogP contribution is -2.40. The average Bonchev–Trinajstić information content (AvgIpc) is 2.76. The third-order valence-electron chi connectivity index (χ3n) is 5.65. The molecule has 0 saturated heterocycles. The number of fused-ring (bicyclic) bond motifs is 1. The van der Waals surface area contributed by atoms with Crippen LogP contribution in [-0.2, 0) is 16.0 Å². The highest BCUT2D eigenvalue weighted by atomic mass is 16.5. The first kappa shape index (κ1) is 21.9. The van der Waals surface area contributed by atoms with E-state index < -0.39 is 6.10 Å². The number of nitrogens with one attached hydrogen (secondary N) is 1. The molecule has 0 radical (unpaired) electrons. The summed E-state index contributed by atoms with van der Waals surface area (Å²) in [6.07, 6.45) is 1.35. The summed E-state index contributed by atoms with van der Waals surface area (Å²) < 4.78 is 6.05. The Labute approximate surface area is 179 Å². The van der Waals surface area contributed by atoms with Crippen LogP contribution in [0.15, 0.2) is 42.5 Å². The molecule has 0 aromatic heterocycles. The summed E-state index contributed by atoms with van der Waals surface area (Å²) in [6, 6.07) is 14.2. The van der Waals surface area contributed by atoms with Gasteiger partial charge in [0.25, 0.3) is 5.91 Å². The molecule has 3 rings (SSSR count). The van der Waals surface area contributed by atoms with Crippen LogP contribution in [0, 0.1) is 6.92 Å². The van der Waals surface area contributed by atoms with E-state index in [0.717, 1.165) is 17.5 Å². The van der Waals surface area contributed by atoms with Crippen LogP contribution in [0.1, 0.15) is 61.9 Å². The molecule has 160 valence electrons. The number of rotatable bonds is 7. The number of carbonyl (C=O) groups excluding carboxylic acids is 2. The zero-order valence-electron chi connectivity index (χ0n) is 18.4. The Hall–Kier alpha value is -2.82. The Balaban J connectivity index is 1.99. The lowest BCUT2D eigenvalue weighted by Gasteiger charge is -2.38. The van der Waals surface area contributed by atoms with E-state index >= 15 is 0 Å². The van der Waals surface area contributed by atoms with Crippen molar-refractivity contribution in [2.45, 2.75) is 59.1 Å². The predicted molar refractivity (Wildman–Crippen MR) is 119 cm³/mol. The maximum atomic E-state index is 12.7. The number of likely N-dealkylation sites (N-methyl/N-ethyl adjacent to an activating group) is 1. The van der Waals surface area contributed by atoms with Crippen molar-refractivity contribution in [3.8, 4) is 5.75 Å². The van der Waals surface area contributed by atoms with E-state index in [0.29, 0.717) is 31.7 Å². The van der Waals surface area contributed by atoms with Gasteiger partial charge in [-0.1, -0.05) is 49.7 Å². The molecule has 1 N–H and O–H groups in total. The monoisotopic (exact) mass is 408 g/mol. The molecule has 2 unspecified atom stereocenters. The molecule has 2 aromatic rings. The van der Waals surface area contributed by atoms with Gasteiger partial charge in [0.15, 0.2) is 6.10 Å². The summed E-state index contributed by atoms with van der Waals surface area (Å²) in [7, 11) is 0. The molecule has 5 nitrogen and oxygen atoms in total. The van der Waals surface area contributed by atoms with Gasteiger partial charge in [-0.15, -0.1) is 0 Å². The van der Waals surface area contributed by atoms with E-state index in [2.05, 4.69) is 42.6 Å². The van der Waals surface area contributed by atoms with E-state index in [1.807, 2.05) is 37.8 Å². The molecule has 2 atom stereocenters. The standard InChI is InChI=1S/C25H32N2O3/c1-5-22(25(29)26-7-3)30-20-13-12-18-14-15-27(23(28)6-2)24(21(18)16-20)19-10-8-17(4)9-11-19/h8-13,16,22,24H,5-7,14-15H2,1-4H3,(H,26,29). The molecule has 5 heteroatoms. The second-order valence-electron chi connectivity index (χ2n) is 7.77. The summed E-state index contributed by atoms with van der Waals surface area (Å²) >= 11 is 0. The number of hydrogen-bond acceptors (Lipinski definition) is 3. The number of hydrogen-bond donors (Lipinski definition) is 1. The number of amides is 2. The van der Waals surface area contributed by atoms with E-state index in [4.69, 9.17) is 4.74 Å². The predicted octanol–water partition coefficient (Wildman–Crippen LogP) is 4.17. The molecular formula is C25H32N2O3. The second kappa shape index (κ2) is 9.79. The maximum Gasteiger partial charge on any atom is 0.261 e. The Morgan fingerprint density at radius 1 is 1.13 bits per heavy atom. The topological polar surface area (TPSA) is 58.6 Å². The van der Waals surface area contributed by atoms with Crippen molar-refractivity contribution in [1.82, 2.24) is 10.2 Å². The maximum absolute atomic E-state index is 12.7. The van der Waals surface area contributed by atoms with Crippen molar-refractivity contribution in [3.05, 3.63) is 64.7 Å². The molecule has 0 bridgehead atoms. The SMILES string of the molecule is CCNC(=O)C(CC)Oc1ccc2c(c1)C(c1ccc(C)cc1)N(C(=O)CC)CC2. The zero-order valence-corrected chi connectivity index (χ0v) is 18.4. The highest BCUT2D eigenvalue weighted by molar-refractivity contribution is 5.81. The highest BCUT2D eigenvalue weighted by Gasteiger charge is 2.32. The van der Waals surface area contributed by atoms with Crippen molar-refractivity contribution < 1.29 is 14.3 Å². The van der Waals surface area contributed by atoms with Crippen LogP contribution in [0.5, 0.6) is 5.75 Å². The van der Waals surface area contributed by atoms with Crippen molar-refractivity contribution in [1.29, 1.82) is 0 Å². The first-order chi connectivity index (χ1) is 14.5. The van der Waals surface area contributed by atoms with Gasteiger partial charge in [0.1, 0.15) is 5.75 Å². The average molecular weight is 409 g/mol. The smallest absolute Gasteiger partial charge is 0.261 e. The lowest BCUT2D eigenvalue weighted by atomic mass is 9.87. The molecule has 0 aliphatic carbocycles. The second-order valence-corrected chi connectivity index (χ2v) is 7.77. The number of ether oxygens (including phenoxy) is 1. The molecule has 0 fully saturated rings. The van der Waals surface area contributed by atoms with Crippen molar-refractivity contribution in [3.63, 3.8) is 0 Å². The van der Waals surface area contributed by atoms with Gasteiger partial charge in [-0.3, -0.25) is 9.59 Å². The van der Waals surface area contributed by atoms with Crippen molar-refractivity contribution >= 4 is 11.8 Å². The first-order valence-electron chi connectivity index (χ1n) is 10.9. The van der Waals surface area contributed by atoms with Crippen molar-refractivity contribution in [2.75, 3.05) is 13.1 Å². The molecule has 1 heterocycles. The van der Waals surface area contributed by atoms with Crippen LogP contribution in [0.25, 0.3) is 0 Å². The highest BCUT2D eigenvalue weighted by Crippen LogP contribution is 2.37. The summed E-state index contributed by atoms with van der Waals surface area (Å²) in [6.45, 7) is 9.08. The summed E-state index contributed by atoms with van der Waals surface area (Å²) in [5.74, 6) is 0.705. The zero-order chi connectivity index (χ0) is 21.7. The fourth-order valence-electron chi connectivity index (χ4n) is 4.02. The van der Waals surface area contributed by atoms with Crippen molar-refractivity contribution in [2.24, 2.45) is 0 Å². The Morgan fingerprint density at radius 3 is 2.50 bits per heavy atom. The van der Waals surface area contributed by atoms with Gasteiger partial charge < -0.3 is 15.0 Å². The van der Waals surface area contributed by atoms with Gasteiger partial charge in [-0.05, 0) is 55.5 Å². The quantitative estimate of drug-likeness (QED) is 0.748. The number of aryl methyl sites for hydroxylation is 1. The molecule has 2 amide bonds. The summed E-state index contributed by atoms with van der Waals surface area (Å²) in [5.41, 5.74) is 4.58. The molecule has 1 aliphatic rings. The van der Waals surface area contributed by atoms with Gasteiger partial charge in [0, 0.05) is 19.5 Å². The van der Waals surface area contributed by atoms with Gasteiger partial charge in [-0.2, -0.15) is 0 Å². The fourth-order valence-corrected chi connectivity index (χ4v) is 4.02. The third kappa shape index (κ3) is 4.66. The molecule has 2 aromatic carbocycles. The normalized spacial score (nSPS) is 16.5. The Kier molecular flexibility index (Phi) is 7.14. The van der Waals surface area contributed by atoms with Crippen LogP contribution in [0.2, 0.25) is 0 Å². The Morgan fingerprint density at radius 2 is 1.87 bits per heavy atom. The minimum absolute atomic E-state index is 0.101. The molecule has 0 spiro atoms. The molecular weight excluding hydrogens is 376 g/mol. The third-order valence-corrected chi connectivity index (χ3v) is 5.65. The number of nitrogens with zero attached hydrogens (tertiary/aromatic N) is 1. The minimum Gasteiger partial charge on any atom is -0.481 e. The van der Waals surface area contributed by atoms with Crippen LogP contribution in [0.3, 0.4) is 0 Å². The van der Waals surface area contributed by atoms with Gasteiger partial charge in [0.05, 0.1) is 6.04 Å². The Bertz CT molecular complexity index is 892. The van der Waals surface area contributed by atoms with Crippen LogP contribution in [0.4, 0.5) is 0 Å². The lowest BCUT2D eigenvalue weighted by molar-refractivity contribution is -0.133. The van der Waals surface area contributed by atoms with E-state index in [-0.39, 0.29) is 17.9 Å². The van der Waals surface area contributed by atoms with Gasteiger partial charge >= 0.3 is 0 Å². The first-order valence-corrected chi connectivity index (χ1v) is 10.9. The van der Waals surface area contributed by atoms with Crippen LogP contribution < -0.4 is 10.1 Å². The molecule has 1 aliphatic heterocycles. The minimum atomic E-state index is -0.530. The van der Waals surface area contributed by atoms with E-state index in [1.165, 1.54) is 11.1 Å². The van der Waals surface area contributed by atoms with E-state index in [1.54, 1.807) is 0 Å². The number of carbonyl (C=O) groups is 2.